The van der Waals surface area contributed by atoms with Crippen molar-refractivity contribution in [3.63, 3.8) is 0 Å². The van der Waals surface area contributed by atoms with Gasteiger partial charge in [0, 0.05) is 6.54 Å². The van der Waals surface area contributed by atoms with E-state index in [-0.39, 0.29) is 18.9 Å². The summed E-state index contributed by atoms with van der Waals surface area (Å²) in [6, 6.07) is 0. The maximum Gasteiger partial charge on any atom is 0.277 e. The molecule has 1 aliphatic heterocycles. The monoisotopic (exact) mass is 273 g/mol. The number of carbonyl (C=O) groups is 1. The third-order valence-corrected chi connectivity index (χ3v) is 3.75. The molecular formula is C12H14F3N3O. The average Bonchev–Trinajstić information content (AvgIpc) is 2.33. The van der Waals surface area contributed by atoms with Crippen molar-refractivity contribution in [1.29, 1.82) is 0 Å². The van der Waals surface area contributed by atoms with Crippen molar-refractivity contribution < 1.29 is 18.0 Å². The van der Waals surface area contributed by atoms with Gasteiger partial charge in [0.1, 0.15) is 5.78 Å². The van der Waals surface area contributed by atoms with E-state index in [1.165, 1.54) is 18.7 Å². The second-order valence-electron chi connectivity index (χ2n) is 4.97. The van der Waals surface area contributed by atoms with Gasteiger partial charge in [0.15, 0.2) is 5.82 Å². The Morgan fingerprint density at radius 2 is 1.95 bits per heavy atom. The van der Waals surface area contributed by atoms with Crippen LogP contribution in [0, 0.1) is 11.2 Å². The van der Waals surface area contributed by atoms with Crippen molar-refractivity contribution >= 4 is 11.7 Å². The number of rotatable bonds is 2. The van der Waals surface area contributed by atoms with E-state index in [1.54, 1.807) is 0 Å². The fraction of sp³-hybridized carbons (Fsp3) is 0.583. The molecule has 1 fully saturated rings. The van der Waals surface area contributed by atoms with Gasteiger partial charge in [-0.25, -0.2) is 23.1 Å². The van der Waals surface area contributed by atoms with E-state index < -0.39 is 29.5 Å². The molecule has 19 heavy (non-hydrogen) atoms. The Morgan fingerprint density at radius 3 is 2.42 bits per heavy atom. The number of halogens is 3. The molecule has 1 saturated heterocycles. The number of hydrogen-bond donors (Lipinski definition) is 0. The van der Waals surface area contributed by atoms with Gasteiger partial charge in [0.25, 0.3) is 5.92 Å². The zero-order valence-electron chi connectivity index (χ0n) is 10.7. The van der Waals surface area contributed by atoms with Gasteiger partial charge < -0.3 is 4.90 Å². The maximum absolute atomic E-state index is 14.1. The summed E-state index contributed by atoms with van der Waals surface area (Å²) in [7, 11) is 0. The number of aromatic nitrogens is 2. The summed E-state index contributed by atoms with van der Waals surface area (Å²) in [5.41, 5.74) is -1.66. The summed E-state index contributed by atoms with van der Waals surface area (Å²) in [5, 5.41) is 0. The highest BCUT2D eigenvalue weighted by Crippen LogP contribution is 2.44. The molecule has 0 aliphatic carbocycles. The average molecular weight is 273 g/mol. The van der Waals surface area contributed by atoms with Crippen molar-refractivity contribution in [3.8, 4) is 0 Å². The number of ketones is 1. The van der Waals surface area contributed by atoms with Crippen LogP contribution in [0.3, 0.4) is 0 Å². The van der Waals surface area contributed by atoms with Gasteiger partial charge >= 0.3 is 0 Å². The van der Waals surface area contributed by atoms with Gasteiger partial charge in [-0.15, -0.1) is 0 Å². The number of carbonyl (C=O) groups excluding carboxylic acids is 1. The van der Waals surface area contributed by atoms with Crippen LogP contribution < -0.4 is 4.90 Å². The topological polar surface area (TPSA) is 46.1 Å². The van der Waals surface area contributed by atoms with Gasteiger partial charge in [-0.1, -0.05) is 0 Å². The Labute approximate surface area is 108 Å². The Hall–Kier alpha value is -1.66. The van der Waals surface area contributed by atoms with Crippen molar-refractivity contribution in [3.05, 3.63) is 18.2 Å². The lowest BCUT2D eigenvalue weighted by Crippen LogP contribution is -2.57. The number of piperidine rings is 1. The van der Waals surface area contributed by atoms with Crippen molar-refractivity contribution in [1.82, 2.24) is 9.97 Å². The Balaban J connectivity index is 2.23. The van der Waals surface area contributed by atoms with Crippen LogP contribution in [-0.2, 0) is 4.79 Å². The smallest absolute Gasteiger partial charge is 0.277 e. The summed E-state index contributed by atoms with van der Waals surface area (Å²) < 4.78 is 41.0. The first-order valence-electron chi connectivity index (χ1n) is 5.88. The zero-order valence-corrected chi connectivity index (χ0v) is 10.7. The largest absolute Gasteiger partial charge is 0.335 e. The predicted octanol–water partition coefficient (Wildman–Crippen LogP) is 2.06. The molecule has 1 atom stereocenters. The molecule has 104 valence electrons. The zero-order chi connectivity index (χ0) is 14.3. The van der Waals surface area contributed by atoms with Crippen LogP contribution in [0.4, 0.5) is 19.1 Å². The summed E-state index contributed by atoms with van der Waals surface area (Å²) >= 11 is 0. The van der Waals surface area contributed by atoms with Gasteiger partial charge in [0.2, 0.25) is 5.95 Å². The SMILES string of the molecule is CC(=O)C1(C)CCN(c2ncc(F)cn2)CC1(F)F. The first kappa shape index (κ1) is 13.8. The summed E-state index contributed by atoms with van der Waals surface area (Å²) in [6.45, 7) is 2.04. The molecule has 0 saturated carbocycles. The first-order valence-corrected chi connectivity index (χ1v) is 5.88. The van der Waals surface area contributed by atoms with Crippen LogP contribution in [0.5, 0.6) is 0 Å². The minimum atomic E-state index is -3.17. The fourth-order valence-corrected chi connectivity index (χ4v) is 2.11. The Bertz CT molecular complexity index is 491. The minimum absolute atomic E-state index is 0.00999. The van der Waals surface area contributed by atoms with Crippen LogP contribution in [0.2, 0.25) is 0 Å². The van der Waals surface area contributed by atoms with Gasteiger partial charge in [-0.3, -0.25) is 4.79 Å². The number of Topliss-reactive ketones (excluding diaryl/α,β-unsaturated/α-hetero) is 1. The number of anilines is 1. The van der Waals surface area contributed by atoms with Crippen molar-refractivity contribution in [2.24, 2.45) is 5.41 Å². The molecule has 1 unspecified atom stereocenters. The van der Waals surface area contributed by atoms with E-state index in [9.17, 15) is 18.0 Å². The molecule has 0 spiro atoms. The lowest BCUT2D eigenvalue weighted by molar-refractivity contribution is -0.157. The summed E-state index contributed by atoms with van der Waals surface area (Å²) in [5.74, 6) is -4.28. The molecule has 2 heterocycles. The van der Waals surface area contributed by atoms with Crippen molar-refractivity contribution in [2.45, 2.75) is 26.2 Å². The molecule has 4 nitrogen and oxygen atoms in total. The molecule has 7 heteroatoms. The molecular weight excluding hydrogens is 259 g/mol. The fourth-order valence-electron chi connectivity index (χ4n) is 2.11. The van der Waals surface area contributed by atoms with Crippen LogP contribution in [-0.4, -0.2) is 34.8 Å². The summed E-state index contributed by atoms with van der Waals surface area (Å²) in [6.07, 6.45) is 1.87. The van der Waals surface area contributed by atoms with E-state index in [2.05, 4.69) is 9.97 Å². The van der Waals surface area contributed by atoms with Crippen molar-refractivity contribution in [2.75, 3.05) is 18.0 Å². The molecule has 1 aromatic rings. The highest BCUT2D eigenvalue weighted by molar-refractivity contribution is 5.83. The molecule has 1 aliphatic rings. The second kappa shape index (κ2) is 4.47. The normalized spacial score (nSPS) is 26.3. The van der Waals surface area contributed by atoms with E-state index in [0.29, 0.717) is 0 Å². The van der Waals surface area contributed by atoms with E-state index in [4.69, 9.17) is 0 Å². The molecule has 0 radical (unpaired) electrons. The predicted molar refractivity (Wildman–Crippen MR) is 62.6 cm³/mol. The molecule has 0 amide bonds. The number of nitrogens with zero attached hydrogens (tertiary/aromatic N) is 3. The number of alkyl halides is 2. The molecule has 0 aromatic carbocycles. The second-order valence-corrected chi connectivity index (χ2v) is 4.97. The lowest BCUT2D eigenvalue weighted by atomic mass is 9.74. The van der Waals surface area contributed by atoms with Gasteiger partial charge in [0.05, 0.1) is 24.4 Å². The third kappa shape index (κ3) is 2.29. The first-order chi connectivity index (χ1) is 8.76. The van der Waals surface area contributed by atoms with Crippen LogP contribution in [0.15, 0.2) is 12.4 Å². The van der Waals surface area contributed by atoms with Crippen LogP contribution in [0.25, 0.3) is 0 Å². The van der Waals surface area contributed by atoms with E-state index in [0.717, 1.165) is 12.4 Å². The lowest BCUT2D eigenvalue weighted by Gasteiger charge is -2.43. The molecule has 1 aromatic heterocycles. The molecule has 2 rings (SSSR count). The molecule has 0 bridgehead atoms. The van der Waals surface area contributed by atoms with E-state index >= 15 is 0 Å². The van der Waals surface area contributed by atoms with E-state index in [1.807, 2.05) is 0 Å². The quantitative estimate of drug-likeness (QED) is 0.827. The Morgan fingerprint density at radius 1 is 1.37 bits per heavy atom. The minimum Gasteiger partial charge on any atom is -0.335 e. The molecule has 0 N–H and O–H groups in total. The maximum atomic E-state index is 14.1. The standard InChI is InChI=1S/C12H14F3N3O/c1-8(19)11(2)3-4-18(7-12(11,14)15)10-16-5-9(13)6-17-10/h5-6H,3-4,7H2,1-2H3. The van der Waals surface area contributed by atoms with Gasteiger partial charge in [-0.05, 0) is 20.3 Å². The van der Waals surface area contributed by atoms with Crippen LogP contribution >= 0.6 is 0 Å². The summed E-state index contributed by atoms with van der Waals surface area (Å²) in [4.78, 5) is 20.1. The number of hydrogen-bond acceptors (Lipinski definition) is 4. The van der Waals surface area contributed by atoms with Gasteiger partial charge in [-0.2, -0.15) is 0 Å². The Kier molecular flexibility index (Phi) is 3.24. The van der Waals surface area contributed by atoms with Crippen LogP contribution in [0.1, 0.15) is 20.3 Å². The third-order valence-electron chi connectivity index (χ3n) is 3.75. The highest BCUT2D eigenvalue weighted by Gasteiger charge is 2.57. The highest BCUT2D eigenvalue weighted by atomic mass is 19.3.